The van der Waals surface area contributed by atoms with Crippen molar-refractivity contribution in [2.75, 3.05) is 0 Å². The lowest BCUT2D eigenvalue weighted by Gasteiger charge is -2.62. The van der Waals surface area contributed by atoms with Crippen molar-refractivity contribution in [3.05, 3.63) is 0 Å². The summed E-state index contributed by atoms with van der Waals surface area (Å²) < 4.78 is 6.49. The Morgan fingerprint density at radius 2 is 1.63 bits per heavy atom. The minimum atomic E-state index is -1.26. The summed E-state index contributed by atoms with van der Waals surface area (Å²) in [5.74, 6) is 1.61. The first-order valence-electron chi connectivity index (χ1n) is 14.4. The highest BCUT2D eigenvalue weighted by Crippen LogP contribution is 2.88. The first-order chi connectivity index (χ1) is 16.1. The van der Waals surface area contributed by atoms with E-state index in [0.717, 1.165) is 32.1 Å². The number of hydrogen-bond donors (Lipinski definition) is 3. The topological polar surface area (TPSA) is 87.0 Å². The Morgan fingerprint density at radius 3 is 2.29 bits per heavy atom. The standard InChI is InChI=1S/C30H48O5/c1-16-14-17(23(32)26(4,5)34)35-22-21(16)27(6)12-13-30-15-29(30)11-10-20(31)25(2,3)18(29)8-9-19(30)28(27,7)24(22)33/h16-23,31-32,34H,8-15H2,1-7H3. The van der Waals surface area contributed by atoms with Gasteiger partial charge in [0.25, 0.3) is 0 Å². The maximum atomic E-state index is 14.5. The third kappa shape index (κ3) is 2.68. The predicted octanol–water partition coefficient (Wildman–Crippen LogP) is 4.50. The van der Waals surface area contributed by atoms with Crippen molar-refractivity contribution in [1.82, 2.24) is 0 Å². The number of fused-ring (bicyclic) bond motifs is 4. The predicted molar refractivity (Wildman–Crippen MR) is 133 cm³/mol. The van der Waals surface area contributed by atoms with Crippen LogP contribution < -0.4 is 0 Å². The number of ether oxygens (including phenoxy) is 1. The Balaban J connectivity index is 1.37. The van der Waals surface area contributed by atoms with Gasteiger partial charge in [0.05, 0.1) is 17.8 Å². The molecule has 6 aliphatic rings. The number of carbonyl (C=O) groups is 1. The van der Waals surface area contributed by atoms with Crippen molar-refractivity contribution in [3.8, 4) is 0 Å². The Bertz CT molecular complexity index is 938. The van der Waals surface area contributed by atoms with E-state index in [9.17, 15) is 20.1 Å². The van der Waals surface area contributed by atoms with E-state index in [1.165, 1.54) is 12.8 Å². The summed E-state index contributed by atoms with van der Waals surface area (Å²) in [6.07, 6.45) is 6.14. The summed E-state index contributed by atoms with van der Waals surface area (Å²) in [5.41, 5.74) is -1.31. The maximum Gasteiger partial charge on any atom is 0.168 e. The normalized spacial score (nSPS) is 57.3. The molecule has 2 spiro atoms. The number of carbonyl (C=O) groups excluding carboxylic acids is 1. The van der Waals surface area contributed by atoms with Gasteiger partial charge in [-0.1, -0.05) is 34.6 Å². The third-order valence-electron chi connectivity index (χ3n) is 13.6. The molecule has 5 heteroatoms. The molecular formula is C30H48O5. The van der Waals surface area contributed by atoms with Gasteiger partial charge in [0.15, 0.2) is 5.78 Å². The van der Waals surface area contributed by atoms with Crippen LogP contribution in [0.5, 0.6) is 0 Å². The maximum absolute atomic E-state index is 14.5. The molecular weight excluding hydrogens is 440 g/mol. The molecule has 0 aromatic rings. The van der Waals surface area contributed by atoms with Crippen LogP contribution in [-0.2, 0) is 9.53 Å². The molecule has 5 saturated carbocycles. The summed E-state index contributed by atoms with van der Waals surface area (Å²) in [5, 5.41) is 32.2. The molecule has 0 amide bonds. The molecule has 12 atom stereocenters. The summed E-state index contributed by atoms with van der Waals surface area (Å²) in [6, 6.07) is 0. The number of Topliss-reactive ketones (excluding diaryl/α,β-unsaturated/α-hetero) is 1. The highest BCUT2D eigenvalue weighted by molar-refractivity contribution is 5.93. The van der Waals surface area contributed by atoms with Gasteiger partial charge in [-0.2, -0.15) is 0 Å². The van der Waals surface area contributed by atoms with Crippen molar-refractivity contribution < 1.29 is 24.9 Å². The number of aliphatic hydroxyl groups excluding tert-OH is 2. The van der Waals surface area contributed by atoms with Crippen LogP contribution in [0.25, 0.3) is 0 Å². The van der Waals surface area contributed by atoms with E-state index in [1.807, 2.05) is 0 Å². The van der Waals surface area contributed by atoms with Gasteiger partial charge in [-0.15, -0.1) is 0 Å². The van der Waals surface area contributed by atoms with E-state index in [0.29, 0.717) is 23.7 Å². The molecule has 5 nitrogen and oxygen atoms in total. The fourth-order valence-electron chi connectivity index (χ4n) is 11.7. The van der Waals surface area contributed by atoms with Gasteiger partial charge in [-0.3, -0.25) is 4.79 Å². The molecule has 5 aliphatic carbocycles. The zero-order valence-corrected chi connectivity index (χ0v) is 22.9. The van der Waals surface area contributed by atoms with Gasteiger partial charge < -0.3 is 20.1 Å². The van der Waals surface area contributed by atoms with Crippen LogP contribution in [0, 0.1) is 50.7 Å². The number of aliphatic hydroxyl groups is 3. The number of rotatable bonds is 2. The molecule has 1 aliphatic heterocycles. The zero-order chi connectivity index (χ0) is 25.6. The van der Waals surface area contributed by atoms with Crippen LogP contribution >= 0.6 is 0 Å². The van der Waals surface area contributed by atoms with Crippen molar-refractivity contribution in [1.29, 1.82) is 0 Å². The summed E-state index contributed by atoms with van der Waals surface area (Å²) in [7, 11) is 0. The molecule has 0 aromatic heterocycles. The quantitative estimate of drug-likeness (QED) is 0.533. The Morgan fingerprint density at radius 1 is 1.00 bits per heavy atom. The minimum Gasteiger partial charge on any atom is -0.393 e. The lowest BCUT2D eigenvalue weighted by Crippen LogP contribution is -2.59. The fraction of sp³-hybridized carbons (Fsp3) is 0.967. The van der Waals surface area contributed by atoms with E-state index >= 15 is 0 Å². The molecule has 12 unspecified atom stereocenters. The van der Waals surface area contributed by atoms with E-state index in [-0.39, 0.29) is 40.0 Å². The molecule has 1 saturated heterocycles. The van der Waals surface area contributed by atoms with E-state index < -0.39 is 29.3 Å². The van der Waals surface area contributed by atoms with E-state index in [4.69, 9.17) is 4.74 Å². The Kier molecular flexibility index (Phi) is 4.91. The summed E-state index contributed by atoms with van der Waals surface area (Å²) >= 11 is 0. The van der Waals surface area contributed by atoms with Crippen LogP contribution in [0.15, 0.2) is 0 Å². The van der Waals surface area contributed by atoms with Crippen molar-refractivity contribution in [2.24, 2.45) is 50.7 Å². The van der Waals surface area contributed by atoms with E-state index in [1.54, 1.807) is 13.8 Å². The highest BCUT2D eigenvalue weighted by Gasteiger charge is 2.84. The molecule has 6 fully saturated rings. The van der Waals surface area contributed by atoms with Gasteiger partial charge in [-0.05, 0) is 105 Å². The second-order valence-corrected chi connectivity index (χ2v) is 15.5. The van der Waals surface area contributed by atoms with Gasteiger partial charge in [0, 0.05) is 11.3 Å². The van der Waals surface area contributed by atoms with Crippen LogP contribution in [0.4, 0.5) is 0 Å². The Hall–Kier alpha value is -0.490. The van der Waals surface area contributed by atoms with Crippen molar-refractivity contribution >= 4 is 5.78 Å². The number of hydrogen-bond acceptors (Lipinski definition) is 5. The molecule has 1 heterocycles. The van der Waals surface area contributed by atoms with Crippen molar-refractivity contribution in [3.63, 3.8) is 0 Å². The third-order valence-corrected chi connectivity index (χ3v) is 13.6. The van der Waals surface area contributed by atoms with Crippen molar-refractivity contribution in [2.45, 2.75) is 130 Å². The van der Waals surface area contributed by atoms with Gasteiger partial charge in [-0.25, -0.2) is 0 Å². The minimum absolute atomic E-state index is 0.0554. The average molecular weight is 489 g/mol. The van der Waals surface area contributed by atoms with Crippen LogP contribution in [0.3, 0.4) is 0 Å². The molecule has 3 N–H and O–H groups in total. The first kappa shape index (κ1) is 24.8. The smallest absolute Gasteiger partial charge is 0.168 e. The van der Waals surface area contributed by atoms with Gasteiger partial charge >= 0.3 is 0 Å². The van der Waals surface area contributed by atoms with Gasteiger partial charge in [0.2, 0.25) is 0 Å². The molecule has 198 valence electrons. The van der Waals surface area contributed by atoms with Crippen LogP contribution in [-0.4, -0.2) is 51.1 Å². The van der Waals surface area contributed by atoms with E-state index in [2.05, 4.69) is 34.6 Å². The lowest BCUT2D eigenvalue weighted by atomic mass is 9.41. The largest absolute Gasteiger partial charge is 0.393 e. The first-order valence-corrected chi connectivity index (χ1v) is 14.4. The van der Waals surface area contributed by atoms with Gasteiger partial charge in [0.1, 0.15) is 12.2 Å². The summed E-state index contributed by atoms with van der Waals surface area (Å²) in [4.78, 5) is 14.5. The Labute approximate surface area is 211 Å². The monoisotopic (exact) mass is 488 g/mol. The SMILES string of the molecule is CC1CC(C(O)C(C)(C)O)OC2C(=O)C3(C)C4CCC5C(C)(C)C(O)CCC56CC46CCC3(C)C12. The number of ketones is 1. The molecule has 6 rings (SSSR count). The average Bonchev–Trinajstić information content (AvgIpc) is 3.40. The summed E-state index contributed by atoms with van der Waals surface area (Å²) in [6.45, 7) is 14.7. The second-order valence-electron chi connectivity index (χ2n) is 15.5. The highest BCUT2D eigenvalue weighted by atomic mass is 16.5. The molecule has 0 radical (unpaired) electrons. The molecule has 35 heavy (non-hydrogen) atoms. The fourth-order valence-corrected chi connectivity index (χ4v) is 11.7. The van der Waals surface area contributed by atoms with Crippen LogP contribution in [0.2, 0.25) is 0 Å². The molecule has 0 aromatic carbocycles. The second kappa shape index (κ2) is 6.93. The molecule has 0 bridgehead atoms. The van der Waals surface area contributed by atoms with Crippen LogP contribution in [0.1, 0.15) is 99.8 Å². The lowest BCUT2D eigenvalue weighted by molar-refractivity contribution is -0.193. The zero-order valence-electron chi connectivity index (χ0n) is 22.9.